The minimum atomic E-state index is -3.90. The van der Waals surface area contributed by atoms with Gasteiger partial charge in [-0.3, -0.25) is 9.59 Å². The van der Waals surface area contributed by atoms with Crippen molar-refractivity contribution >= 4 is 15.7 Å². The van der Waals surface area contributed by atoms with Crippen LogP contribution in [0.3, 0.4) is 0 Å². The first-order valence-electron chi connectivity index (χ1n) is 10.2. The van der Waals surface area contributed by atoms with Gasteiger partial charge >= 0.3 is 5.56 Å². The fourth-order valence-corrected chi connectivity index (χ4v) is 4.16. The van der Waals surface area contributed by atoms with Gasteiger partial charge in [0.15, 0.2) is 15.6 Å². The number of nitrogens with two attached hydrogens (primary N) is 1. The third-order valence-corrected chi connectivity index (χ3v) is 6.48. The molecule has 3 aromatic rings. The second kappa shape index (κ2) is 9.74. The van der Waals surface area contributed by atoms with E-state index < -0.39 is 38.5 Å². The van der Waals surface area contributed by atoms with E-state index in [0.29, 0.717) is 11.3 Å². The second-order valence-electron chi connectivity index (χ2n) is 8.24. The molecule has 0 fully saturated rings. The van der Waals surface area contributed by atoms with Gasteiger partial charge in [-0.25, -0.2) is 12.8 Å². The average molecular weight is 490 g/mol. The summed E-state index contributed by atoms with van der Waals surface area (Å²) in [5, 5.41) is 14.1. The van der Waals surface area contributed by atoms with E-state index in [9.17, 15) is 27.5 Å². The van der Waals surface area contributed by atoms with Gasteiger partial charge in [0.1, 0.15) is 11.6 Å². The normalized spacial score (nSPS) is 11.9. The fourth-order valence-electron chi connectivity index (χ4n) is 3.06. The molecule has 0 radical (unpaired) electrons. The predicted molar refractivity (Wildman–Crippen MR) is 123 cm³/mol. The molecular formula is C23H24FN3O6S. The Balaban J connectivity index is 2.05. The largest absolute Gasteiger partial charge is 0.487 e. The zero-order chi connectivity index (χ0) is 25.1. The van der Waals surface area contributed by atoms with Crippen molar-refractivity contribution in [1.82, 2.24) is 9.78 Å². The molecule has 0 bridgehead atoms. The number of aliphatic hydroxyl groups is 1. The number of hydrogen-bond donors (Lipinski definition) is 2. The number of rotatable bonds is 9. The van der Waals surface area contributed by atoms with Crippen LogP contribution >= 0.6 is 0 Å². The lowest BCUT2D eigenvalue weighted by atomic mass is 10.1. The molecule has 9 nitrogen and oxygen atoms in total. The van der Waals surface area contributed by atoms with Crippen molar-refractivity contribution in [3.05, 3.63) is 70.9 Å². The van der Waals surface area contributed by atoms with Crippen LogP contribution in [0.4, 0.5) is 4.39 Å². The highest BCUT2D eigenvalue weighted by atomic mass is 32.2. The minimum Gasteiger partial charge on any atom is -0.487 e. The first-order chi connectivity index (χ1) is 15.9. The first-order valence-corrected chi connectivity index (χ1v) is 11.9. The number of primary amides is 1. The molecule has 0 spiro atoms. The predicted octanol–water partition coefficient (Wildman–Crippen LogP) is 1.84. The molecule has 0 saturated heterocycles. The van der Waals surface area contributed by atoms with Crippen molar-refractivity contribution in [2.24, 2.45) is 5.73 Å². The zero-order valence-corrected chi connectivity index (χ0v) is 19.4. The van der Waals surface area contributed by atoms with Crippen LogP contribution in [0.25, 0.3) is 16.8 Å². The topological polar surface area (TPSA) is 142 Å². The Morgan fingerprint density at radius 2 is 1.76 bits per heavy atom. The van der Waals surface area contributed by atoms with E-state index in [4.69, 9.17) is 10.5 Å². The number of sulfone groups is 1. The van der Waals surface area contributed by atoms with Crippen LogP contribution < -0.4 is 16.0 Å². The molecular weight excluding hydrogens is 465 g/mol. The van der Waals surface area contributed by atoms with Crippen LogP contribution in [0.1, 0.15) is 20.3 Å². The van der Waals surface area contributed by atoms with Crippen molar-refractivity contribution in [3.63, 3.8) is 0 Å². The van der Waals surface area contributed by atoms with E-state index in [0.717, 1.165) is 4.68 Å². The van der Waals surface area contributed by atoms with E-state index in [1.165, 1.54) is 54.7 Å². The molecule has 0 atom stereocenters. The van der Waals surface area contributed by atoms with E-state index >= 15 is 0 Å². The third kappa shape index (κ3) is 6.06. The van der Waals surface area contributed by atoms with E-state index in [2.05, 4.69) is 5.10 Å². The monoisotopic (exact) mass is 489 g/mol. The summed E-state index contributed by atoms with van der Waals surface area (Å²) in [5.74, 6) is -2.34. The lowest BCUT2D eigenvalue weighted by Crippen LogP contribution is -2.26. The van der Waals surface area contributed by atoms with Crippen LogP contribution in [0.2, 0.25) is 0 Å². The lowest BCUT2D eigenvalue weighted by Gasteiger charge is -2.18. The number of carbonyl (C=O) groups excluding carboxylic acids is 1. The quantitative estimate of drug-likeness (QED) is 0.467. The van der Waals surface area contributed by atoms with Crippen LogP contribution in [0, 0.1) is 5.82 Å². The Hall–Kier alpha value is -3.57. The van der Waals surface area contributed by atoms with Gasteiger partial charge in [0.2, 0.25) is 5.91 Å². The molecule has 1 heterocycles. The Morgan fingerprint density at radius 1 is 1.15 bits per heavy atom. The summed E-state index contributed by atoms with van der Waals surface area (Å²) in [4.78, 5) is 24.2. The molecule has 3 N–H and O–H groups in total. The number of benzene rings is 2. The first kappa shape index (κ1) is 25.1. The molecule has 0 aliphatic heterocycles. The Morgan fingerprint density at radius 3 is 2.32 bits per heavy atom. The van der Waals surface area contributed by atoms with Gasteiger partial charge in [-0.2, -0.15) is 9.78 Å². The van der Waals surface area contributed by atoms with Crippen LogP contribution in [-0.2, 0) is 14.6 Å². The highest BCUT2D eigenvalue weighted by Crippen LogP contribution is 2.28. The van der Waals surface area contributed by atoms with Crippen molar-refractivity contribution in [1.29, 1.82) is 0 Å². The standard InChI is InChI=1S/C23H24FN3O6S/c1-23(2,30)11-12-33-21-19(13-26-27(22(21)29)17-7-5-16(24)6-8-17)15-3-9-18(10-4-15)34(31,32)14-20(25)28/h3-10,13,30H,11-12,14H2,1-2H3,(H2,25,28). The highest BCUT2D eigenvalue weighted by Gasteiger charge is 2.21. The van der Waals surface area contributed by atoms with Crippen LogP contribution in [0.15, 0.2) is 64.4 Å². The summed E-state index contributed by atoms with van der Waals surface area (Å²) in [6.45, 7) is 3.22. The molecule has 180 valence electrons. The van der Waals surface area contributed by atoms with E-state index in [1.54, 1.807) is 13.8 Å². The smallest absolute Gasteiger partial charge is 0.314 e. The summed E-state index contributed by atoms with van der Waals surface area (Å²) in [5.41, 5.74) is 4.40. The maximum Gasteiger partial charge on any atom is 0.314 e. The molecule has 11 heteroatoms. The van der Waals surface area contributed by atoms with Gasteiger partial charge in [0.05, 0.1) is 29.0 Å². The number of aromatic nitrogens is 2. The number of amides is 1. The zero-order valence-electron chi connectivity index (χ0n) is 18.6. The molecule has 3 rings (SSSR count). The Labute approximate surface area is 195 Å². The maximum atomic E-state index is 13.3. The molecule has 0 aliphatic carbocycles. The van der Waals surface area contributed by atoms with Crippen molar-refractivity contribution in [3.8, 4) is 22.6 Å². The summed E-state index contributed by atoms with van der Waals surface area (Å²) in [7, 11) is -3.90. The van der Waals surface area contributed by atoms with Gasteiger partial charge in [-0.15, -0.1) is 0 Å². The molecule has 2 aromatic carbocycles. The number of ether oxygens (including phenoxy) is 1. The summed E-state index contributed by atoms with van der Waals surface area (Å²) >= 11 is 0. The average Bonchev–Trinajstić information content (AvgIpc) is 2.74. The molecule has 1 amide bonds. The van der Waals surface area contributed by atoms with Gasteiger partial charge in [-0.05, 0) is 55.8 Å². The van der Waals surface area contributed by atoms with Crippen LogP contribution in [0.5, 0.6) is 5.75 Å². The highest BCUT2D eigenvalue weighted by molar-refractivity contribution is 7.92. The SMILES string of the molecule is CC(C)(O)CCOc1c(-c2ccc(S(=O)(=O)CC(N)=O)cc2)cnn(-c2ccc(F)cc2)c1=O. The van der Waals surface area contributed by atoms with Gasteiger partial charge in [0, 0.05) is 12.0 Å². The van der Waals surface area contributed by atoms with Gasteiger partial charge in [-0.1, -0.05) is 12.1 Å². The van der Waals surface area contributed by atoms with Crippen molar-refractivity contribution in [2.75, 3.05) is 12.4 Å². The molecule has 0 unspecified atom stereocenters. The van der Waals surface area contributed by atoms with E-state index in [-0.39, 0.29) is 29.2 Å². The Kier molecular flexibility index (Phi) is 7.18. The summed E-state index contributed by atoms with van der Waals surface area (Å²) < 4.78 is 44.6. The summed E-state index contributed by atoms with van der Waals surface area (Å²) in [6.07, 6.45) is 1.60. The summed E-state index contributed by atoms with van der Waals surface area (Å²) in [6, 6.07) is 10.7. The minimum absolute atomic E-state index is 0.0181. The third-order valence-electron chi connectivity index (χ3n) is 4.82. The fraction of sp³-hybridized carbons (Fsp3) is 0.261. The van der Waals surface area contributed by atoms with Gasteiger partial charge < -0.3 is 15.6 Å². The number of nitrogens with zero attached hydrogens (tertiary/aromatic N) is 2. The molecule has 0 aliphatic rings. The molecule has 0 saturated carbocycles. The van der Waals surface area contributed by atoms with E-state index in [1.807, 2.05) is 0 Å². The van der Waals surface area contributed by atoms with Crippen molar-refractivity contribution in [2.45, 2.75) is 30.8 Å². The maximum absolute atomic E-state index is 13.3. The second-order valence-corrected chi connectivity index (χ2v) is 10.2. The Bertz CT molecular complexity index is 1350. The van der Waals surface area contributed by atoms with Crippen molar-refractivity contribution < 1.29 is 27.4 Å². The van der Waals surface area contributed by atoms with Gasteiger partial charge in [0.25, 0.3) is 0 Å². The number of carbonyl (C=O) groups is 1. The number of halogens is 1. The van der Waals surface area contributed by atoms with Crippen LogP contribution in [-0.4, -0.2) is 47.2 Å². The lowest BCUT2D eigenvalue weighted by molar-refractivity contribution is -0.115. The number of hydrogen-bond acceptors (Lipinski definition) is 7. The molecule has 1 aromatic heterocycles. The molecule has 34 heavy (non-hydrogen) atoms.